The Labute approximate surface area is 100 Å². The average molecular weight is 245 g/mol. The van der Waals surface area contributed by atoms with E-state index in [0.717, 1.165) is 5.56 Å². The Bertz CT molecular complexity index is 363. The summed E-state index contributed by atoms with van der Waals surface area (Å²) in [6, 6.07) is 5.33. The van der Waals surface area contributed by atoms with E-state index in [1.807, 2.05) is 13.0 Å². The number of halogens is 2. The van der Waals surface area contributed by atoms with Gasteiger partial charge in [-0.15, -0.1) is 6.58 Å². The van der Waals surface area contributed by atoms with Crippen molar-refractivity contribution in [1.29, 1.82) is 0 Å². The lowest BCUT2D eigenvalue weighted by Gasteiger charge is -2.23. The van der Waals surface area contributed by atoms with Crippen molar-refractivity contribution in [3.05, 3.63) is 46.5 Å². The molecule has 1 aromatic rings. The summed E-state index contributed by atoms with van der Waals surface area (Å²) in [5, 5.41) is 10.6. The minimum absolute atomic E-state index is 0.0410. The molecule has 0 aliphatic rings. The van der Waals surface area contributed by atoms with E-state index in [2.05, 4.69) is 6.58 Å². The summed E-state index contributed by atoms with van der Waals surface area (Å²) in [5.74, 6) is 0. The van der Waals surface area contributed by atoms with Gasteiger partial charge < -0.3 is 5.11 Å². The molecule has 1 atom stereocenters. The van der Waals surface area contributed by atoms with Crippen LogP contribution in [0, 0.1) is 5.41 Å². The Morgan fingerprint density at radius 1 is 1.47 bits per heavy atom. The number of rotatable bonds is 4. The molecule has 0 spiro atoms. The van der Waals surface area contributed by atoms with Crippen LogP contribution in [0.2, 0.25) is 10.0 Å². The molecule has 0 aromatic heterocycles. The van der Waals surface area contributed by atoms with Gasteiger partial charge in [-0.3, -0.25) is 0 Å². The standard InChI is InChI=1S/C12H14Cl2O/c1-3-12(2,8-15)7-9-6-10(13)4-5-11(9)14/h3-6,15H,1,7-8H2,2H3. The van der Waals surface area contributed by atoms with Crippen LogP contribution in [0.25, 0.3) is 0 Å². The van der Waals surface area contributed by atoms with Crippen LogP contribution in [0.1, 0.15) is 12.5 Å². The van der Waals surface area contributed by atoms with E-state index in [-0.39, 0.29) is 12.0 Å². The second-order valence-electron chi connectivity index (χ2n) is 3.93. The van der Waals surface area contributed by atoms with Gasteiger partial charge in [-0.2, -0.15) is 0 Å². The first-order chi connectivity index (χ1) is 7.00. The molecule has 0 radical (unpaired) electrons. The molecular weight excluding hydrogens is 231 g/mol. The molecule has 3 heteroatoms. The Kier molecular flexibility index (Phi) is 4.21. The summed E-state index contributed by atoms with van der Waals surface area (Å²) in [5.41, 5.74) is 0.578. The molecule has 1 aromatic carbocycles. The predicted molar refractivity (Wildman–Crippen MR) is 65.6 cm³/mol. The van der Waals surface area contributed by atoms with Crippen molar-refractivity contribution in [3.8, 4) is 0 Å². The van der Waals surface area contributed by atoms with Crippen LogP contribution in [0.15, 0.2) is 30.9 Å². The minimum atomic E-state index is -0.353. The highest BCUT2D eigenvalue weighted by atomic mass is 35.5. The highest BCUT2D eigenvalue weighted by Crippen LogP contribution is 2.29. The van der Waals surface area contributed by atoms with E-state index in [4.69, 9.17) is 23.2 Å². The maximum atomic E-state index is 9.26. The van der Waals surface area contributed by atoms with Crippen LogP contribution in [0.5, 0.6) is 0 Å². The molecule has 0 aliphatic carbocycles. The highest BCUT2D eigenvalue weighted by molar-refractivity contribution is 6.33. The second kappa shape index (κ2) is 5.02. The maximum absolute atomic E-state index is 9.26. The van der Waals surface area contributed by atoms with Gasteiger partial charge in [-0.25, -0.2) is 0 Å². The summed E-state index contributed by atoms with van der Waals surface area (Å²) in [4.78, 5) is 0. The van der Waals surface area contributed by atoms with Crippen molar-refractivity contribution in [3.63, 3.8) is 0 Å². The zero-order valence-electron chi connectivity index (χ0n) is 8.63. The predicted octanol–water partition coefficient (Wildman–Crippen LogP) is 3.72. The SMILES string of the molecule is C=CC(C)(CO)Cc1cc(Cl)ccc1Cl. The fraction of sp³-hybridized carbons (Fsp3) is 0.333. The molecule has 0 saturated carbocycles. The zero-order chi connectivity index (χ0) is 11.5. The first-order valence-corrected chi connectivity index (χ1v) is 5.45. The van der Waals surface area contributed by atoms with Crippen molar-refractivity contribution in [2.24, 2.45) is 5.41 Å². The lowest BCUT2D eigenvalue weighted by molar-refractivity contribution is 0.184. The molecule has 0 saturated heterocycles. The van der Waals surface area contributed by atoms with Crippen molar-refractivity contribution in [1.82, 2.24) is 0 Å². The largest absolute Gasteiger partial charge is 0.395 e. The number of benzene rings is 1. The zero-order valence-corrected chi connectivity index (χ0v) is 10.1. The normalized spacial score (nSPS) is 14.7. The summed E-state index contributed by atoms with van der Waals surface area (Å²) in [7, 11) is 0. The Morgan fingerprint density at radius 3 is 2.67 bits per heavy atom. The lowest BCUT2D eigenvalue weighted by atomic mass is 9.85. The number of aliphatic hydroxyl groups excluding tert-OH is 1. The van der Waals surface area contributed by atoms with E-state index in [0.29, 0.717) is 16.5 Å². The van der Waals surface area contributed by atoms with Crippen LogP contribution in [0.4, 0.5) is 0 Å². The summed E-state index contributed by atoms with van der Waals surface area (Å²) < 4.78 is 0. The molecule has 1 N–H and O–H groups in total. The van der Waals surface area contributed by atoms with Crippen molar-refractivity contribution in [2.45, 2.75) is 13.3 Å². The molecule has 1 nitrogen and oxygen atoms in total. The topological polar surface area (TPSA) is 20.2 Å². The molecule has 1 rings (SSSR count). The Hall–Kier alpha value is -0.500. The molecule has 0 heterocycles. The molecule has 15 heavy (non-hydrogen) atoms. The molecule has 0 amide bonds. The summed E-state index contributed by atoms with van der Waals surface area (Å²) >= 11 is 11.9. The second-order valence-corrected chi connectivity index (χ2v) is 4.77. The van der Waals surface area contributed by atoms with Crippen molar-refractivity contribution >= 4 is 23.2 Å². The van der Waals surface area contributed by atoms with Crippen molar-refractivity contribution < 1.29 is 5.11 Å². The van der Waals surface area contributed by atoms with Crippen LogP contribution in [0.3, 0.4) is 0 Å². The van der Waals surface area contributed by atoms with Gasteiger partial charge in [-0.05, 0) is 30.2 Å². The fourth-order valence-corrected chi connectivity index (χ4v) is 1.69. The van der Waals surface area contributed by atoms with Gasteiger partial charge >= 0.3 is 0 Å². The molecule has 0 fully saturated rings. The lowest BCUT2D eigenvalue weighted by Crippen LogP contribution is -2.21. The van der Waals surface area contributed by atoms with Gasteiger partial charge in [0.1, 0.15) is 0 Å². The van der Waals surface area contributed by atoms with Gasteiger partial charge in [0.15, 0.2) is 0 Å². The third-order valence-corrected chi connectivity index (χ3v) is 3.06. The fourth-order valence-electron chi connectivity index (χ4n) is 1.31. The Morgan fingerprint density at radius 2 is 2.13 bits per heavy atom. The van der Waals surface area contributed by atoms with Crippen LogP contribution >= 0.6 is 23.2 Å². The van der Waals surface area contributed by atoms with Crippen molar-refractivity contribution in [2.75, 3.05) is 6.61 Å². The molecule has 0 bridgehead atoms. The van der Waals surface area contributed by atoms with Gasteiger partial charge in [0, 0.05) is 15.5 Å². The summed E-state index contributed by atoms with van der Waals surface area (Å²) in [6.45, 7) is 5.68. The molecule has 82 valence electrons. The first kappa shape index (κ1) is 12.6. The third-order valence-electron chi connectivity index (χ3n) is 2.46. The molecule has 1 unspecified atom stereocenters. The average Bonchev–Trinajstić information content (AvgIpc) is 2.23. The number of hydrogen-bond acceptors (Lipinski definition) is 1. The molecular formula is C12H14Cl2O. The smallest absolute Gasteiger partial charge is 0.0522 e. The van der Waals surface area contributed by atoms with Crippen LogP contribution < -0.4 is 0 Å². The monoisotopic (exact) mass is 244 g/mol. The van der Waals surface area contributed by atoms with Gasteiger partial charge in [-0.1, -0.05) is 36.2 Å². The Balaban J connectivity index is 2.97. The maximum Gasteiger partial charge on any atom is 0.0522 e. The third kappa shape index (κ3) is 3.23. The van der Waals surface area contributed by atoms with E-state index < -0.39 is 0 Å². The van der Waals surface area contributed by atoms with Crippen LogP contribution in [-0.4, -0.2) is 11.7 Å². The van der Waals surface area contributed by atoms with Crippen LogP contribution in [-0.2, 0) is 6.42 Å². The molecule has 0 aliphatic heterocycles. The van der Waals surface area contributed by atoms with E-state index in [1.54, 1.807) is 18.2 Å². The van der Waals surface area contributed by atoms with Gasteiger partial charge in [0.2, 0.25) is 0 Å². The van der Waals surface area contributed by atoms with Gasteiger partial charge in [0.05, 0.1) is 6.61 Å². The summed E-state index contributed by atoms with van der Waals surface area (Å²) in [6.07, 6.45) is 2.37. The quantitative estimate of drug-likeness (QED) is 0.801. The van der Waals surface area contributed by atoms with E-state index >= 15 is 0 Å². The number of aliphatic hydroxyl groups is 1. The van der Waals surface area contributed by atoms with Gasteiger partial charge in [0.25, 0.3) is 0 Å². The van der Waals surface area contributed by atoms with E-state index in [9.17, 15) is 5.11 Å². The highest BCUT2D eigenvalue weighted by Gasteiger charge is 2.21. The van der Waals surface area contributed by atoms with E-state index in [1.165, 1.54) is 0 Å². The minimum Gasteiger partial charge on any atom is -0.395 e. The number of hydrogen-bond donors (Lipinski definition) is 1. The first-order valence-electron chi connectivity index (χ1n) is 4.69.